The maximum Gasteiger partial charge on any atom is 0.121 e. The van der Waals surface area contributed by atoms with Gasteiger partial charge in [0.25, 0.3) is 0 Å². The van der Waals surface area contributed by atoms with E-state index >= 15 is 0 Å². The van der Waals surface area contributed by atoms with Gasteiger partial charge in [0, 0.05) is 23.9 Å². The average Bonchev–Trinajstić information content (AvgIpc) is 3.19. The second-order valence-electron chi connectivity index (χ2n) is 7.21. The average molecular weight is 340 g/mol. The summed E-state index contributed by atoms with van der Waals surface area (Å²) in [7, 11) is 0. The zero-order chi connectivity index (χ0) is 16.9. The van der Waals surface area contributed by atoms with E-state index in [-0.39, 0.29) is 0 Å². The standard InChI is InChI=1S/C20H28N4O/c1-2-11-24(10-1)12-3-13-25-17-4-5-18-19(14-17)22-15-23-20(18)16-6-8-21-9-7-16/h4-5,14-16,21H,1-3,6-13H2. The summed E-state index contributed by atoms with van der Waals surface area (Å²) in [5.74, 6) is 1.46. The first-order chi connectivity index (χ1) is 12.4. The first-order valence-electron chi connectivity index (χ1n) is 9.71. The molecule has 1 N–H and O–H groups in total. The van der Waals surface area contributed by atoms with Gasteiger partial charge in [-0.25, -0.2) is 9.97 Å². The Morgan fingerprint density at radius 1 is 1.12 bits per heavy atom. The van der Waals surface area contributed by atoms with E-state index in [0.717, 1.165) is 56.8 Å². The second-order valence-corrected chi connectivity index (χ2v) is 7.21. The van der Waals surface area contributed by atoms with Crippen LogP contribution in [0.1, 0.15) is 43.7 Å². The van der Waals surface area contributed by atoms with E-state index in [1.54, 1.807) is 6.33 Å². The highest BCUT2D eigenvalue weighted by atomic mass is 16.5. The Morgan fingerprint density at radius 3 is 2.80 bits per heavy atom. The molecule has 0 radical (unpaired) electrons. The van der Waals surface area contributed by atoms with Crippen molar-refractivity contribution in [3.8, 4) is 5.75 Å². The van der Waals surface area contributed by atoms with Gasteiger partial charge in [-0.1, -0.05) is 0 Å². The van der Waals surface area contributed by atoms with Crippen LogP contribution in [0.3, 0.4) is 0 Å². The van der Waals surface area contributed by atoms with Gasteiger partial charge in [-0.3, -0.25) is 0 Å². The Labute approximate surface area is 149 Å². The number of hydrogen-bond donors (Lipinski definition) is 1. The van der Waals surface area contributed by atoms with Gasteiger partial charge in [-0.2, -0.15) is 0 Å². The molecule has 5 nitrogen and oxygen atoms in total. The van der Waals surface area contributed by atoms with Crippen molar-refractivity contribution in [2.45, 2.75) is 38.0 Å². The van der Waals surface area contributed by atoms with Gasteiger partial charge in [-0.05, 0) is 70.4 Å². The van der Waals surface area contributed by atoms with Crippen molar-refractivity contribution < 1.29 is 4.74 Å². The third kappa shape index (κ3) is 4.10. The summed E-state index contributed by atoms with van der Waals surface area (Å²) in [6, 6.07) is 6.28. The van der Waals surface area contributed by atoms with Crippen molar-refractivity contribution in [3.05, 3.63) is 30.2 Å². The van der Waals surface area contributed by atoms with E-state index in [4.69, 9.17) is 4.74 Å². The van der Waals surface area contributed by atoms with Gasteiger partial charge in [0.2, 0.25) is 0 Å². The molecule has 2 aromatic rings. The van der Waals surface area contributed by atoms with Crippen molar-refractivity contribution in [3.63, 3.8) is 0 Å². The number of ether oxygens (including phenoxy) is 1. The van der Waals surface area contributed by atoms with Crippen LogP contribution in [0.5, 0.6) is 5.75 Å². The molecule has 2 saturated heterocycles. The summed E-state index contributed by atoms with van der Waals surface area (Å²) in [4.78, 5) is 11.6. The maximum atomic E-state index is 5.96. The molecule has 0 spiro atoms. The molecule has 4 rings (SSSR count). The zero-order valence-electron chi connectivity index (χ0n) is 14.9. The minimum Gasteiger partial charge on any atom is -0.493 e. The molecule has 0 unspecified atom stereocenters. The summed E-state index contributed by atoms with van der Waals surface area (Å²) < 4.78 is 5.96. The van der Waals surface area contributed by atoms with Crippen molar-refractivity contribution in [2.24, 2.45) is 0 Å². The van der Waals surface area contributed by atoms with Crippen LogP contribution in [0, 0.1) is 0 Å². The van der Waals surface area contributed by atoms with Crippen molar-refractivity contribution >= 4 is 10.9 Å². The van der Waals surface area contributed by atoms with E-state index in [1.807, 2.05) is 0 Å². The molecule has 0 atom stereocenters. The summed E-state index contributed by atoms with van der Waals surface area (Å²) in [6.45, 7) is 6.59. The lowest BCUT2D eigenvalue weighted by Crippen LogP contribution is -2.27. The molecular weight excluding hydrogens is 312 g/mol. The van der Waals surface area contributed by atoms with E-state index in [0.29, 0.717) is 5.92 Å². The molecular formula is C20H28N4O. The van der Waals surface area contributed by atoms with Gasteiger partial charge in [0.15, 0.2) is 0 Å². The number of likely N-dealkylation sites (tertiary alicyclic amines) is 1. The number of fused-ring (bicyclic) bond motifs is 1. The monoisotopic (exact) mass is 340 g/mol. The molecule has 0 saturated carbocycles. The van der Waals surface area contributed by atoms with Crippen LogP contribution in [-0.4, -0.2) is 54.2 Å². The van der Waals surface area contributed by atoms with Gasteiger partial charge < -0.3 is 15.0 Å². The quantitative estimate of drug-likeness (QED) is 0.820. The van der Waals surface area contributed by atoms with E-state index in [1.165, 1.54) is 37.0 Å². The van der Waals surface area contributed by atoms with Crippen LogP contribution < -0.4 is 10.1 Å². The van der Waals surface area contributed by atoms with Crippen molar-refractivity contribution in [2.75, 3.05) is 39.3 Å². The number of nitrogens with zero attached hydrogens (tertiary/aromatic N) is 3. The first-order valence-corrected chi connectivity index (χ1v) is 9.71. The Kier molecular flexibility index (Phi) is 5.43. The summed E-state index contributed by atoms with van der Waals surface area (Å²) in [5, 5.41) is 4.60. The molecule has 3 heterocycles. The Balaban J connectivity index is 1.39. The molecule has 134 valence electrons. The van der Waals surface area contributed by atoms with Crippen LogP contribution >= 0.6 is 0 Å². The number of benzene rings is 1. The topological polar surface area (TPSA) is 50.3 Å². The zero-order valence-corrected chi connectivity index (χ0v) is 14.9. The van der Waals surface area contributed by atoms with Gasteiger partial charge in [-0.15, -0.1) is 0 Å². The predicted octanol–water partition coefficient (Wildman–Crippen LogP) is 2.96. The first kappa shape index (κ1) is 16.7. The van der Waals surface area contributed by atoms with Crippen molar-refractivity contribution in [1.82, 2.24) is 20.2 Å². The minimum absolute atomic E-state index is 0.541. The highest BCUT2D eigenvalue weighted by molar-refractivity contribution is 5.82. The highest BCUT2D eigenvalue weighted by Gasteiger charge is 2.19. The molecule has 0 bridgehead atoms. The molecule has 2 aliphatic heterocycles. The molecule has 1 aromatic carbocycles. The fourth-order valence-corrected chi connectivity index (χ4v) is 4.05. The van der Waals surface area contributed by atoms with Crippen LogP contribution in [0.2, 0.25) is 0 Å². The largest absolute Gasteiger partial charge is 0.493 e. The van der Waals surface area contributed by atoms with Gasteiger partial charge >= 0.3 is 0 Å². The molecule has 1 aromatic heterocycles. The minimum atomic E-state index is 0.541. The third-order valence-electron chi connectivity index (χ3n) is 5.45. The van der Waals surface area contributed by atoms with E-state index in [2.05, 4.69) is 38.4 Å². The number of aromatic nitrogens is 2. The van der Waals surface area contributed by atoms with Crippen molar-refractivity contribution in [1.29, 1.82) is 0 Å². The molecule has 25 heavy (non-hydrogen) atoms. The summed E-state index contributed by atoms with van der Waals surface area (Å²) >= 11 is 0. The third-order valence-corrected chi connectivity index (χ3v) is 5.45. The lowest BCUT2D eigenvalue weighted by Gasteiger charge is -2.23. The lowest BCUT2D eigenvalue weighted by molar-refractivity contribution is 0.263. The number of nitrogens with one attached hydrogen (secondary N) is 1. The Bertz CT molecular complexity index is 693. The SMILES string of the molecule is c1nc(C2CCNCC2)c2ccc(OCCCN3CCCC3)cc2n1. The number of piperidine rings is 1. The van der Waals surface area contributed by atoms with Gasteiger partial charge in [0.05, 0.1) is 17.8 Å². The smallest absolute Gasteiger partial charge is 0.121 e. The predicted molar refractivity (Wildman–Crippen MR) is 100 cm³/mol. The molecule has 5 heteroatoms. The van der Waals surface area contributed by atoms with Crippen LogP contribution in [-0.2, 0) is 0 Å². The highest BCUT2D eigenvalue weighted by Crippen LogP contribution is 2.30. The summed E-state index contributed by atoms with van der Waals surface area (Å²) in [6.07, 6.45) is 7.80. The summed E-state index contributed by atoms with van der Waals surface area (Å²) in [5.41, 5.74) is 2.20. The fourth-order valence-electron chi connectivity index (χ4n) is 4.05. The van der Waals surface area contributed by atoms with Crippen LogP contribution in [0.4, 0.5) is 0 Å². The number of rotatable bonds is 6. The van der Waals surface area contributed by atoms with E-state index < -0.39 is 0 Å². The maximum absolute atomic E-state index is 5.96. The fraction of sp³-hybridized carbons (Fsp3) is 0.600. The molecule has 2 aliphatic rings. The Morgan fingerprint density at radius 2 is 1.96 bits per heavy atom. The van der Waals surface area contributed by atoms with Crippen LogP contribution in [0.25, 0.3) is 10.9 Å². The van der Waals surface area contributed by atoms with Gasteiger partial charge in [0.1, 0.15) is 12.1 Å². The lowest BCUT2D eigenvalue weighted by atomic mass is 9.92. The van der Waals surface area contributed by atoms with Crippen LogP contribution in [0.15, 0.2) is 24.5 Å². The molecule has 2 fully saturated rings. The second kappa shape index (κ2) is 8.11. The molecule has 0 amide bonds. The molecule has 0 aliphatic carbocycles. The normalized spacial score (nSPS) is 19.5. The Hall–Kier alpha value is -1.72. The number of hydrogen-bond acceptors (Lipinski definition) is 5. The van der Waals surface area contributed by atoms with E-state index in [9.17, 15) is 0 Å².